The van der Waals surface area contributed by atoms with Crippen LogP contribution in [0.2, 0.25) is 0 Å². The topological polar surface area (TPSA) is 125 Å². The van der Waals surface area contributed by atoms with E-state index in [4.69, 9.17) is 10.5 Å². The number of benzene rings is 2. The molecular formula is C22H22N4O5. The van der Waals surface area contributed by atoms with Gasteiger partial charge in [-0.25, -0.2) is 9.48 Å². The molecule has 0 unspecified atom stereocenters. The maximum Gasteiger partial charge on any atom is 0.359 e. The summed E-state index contributed by atoms with van der Waals surface area (Å²) in [6.07, 6.45) is -0.0394. The van der Waals surface area contributed by atoms with E-state index in [1.165, 1.54) is 9.58 Å². The monoisotopic (exact) mass is 422 g/mol. The molecule has 0 saturated heterocycles. The molecule has 0 aliphatic rings. The van der Waals surface area contributed by atoms with Crippen molar-refractivity contribution in [1.29, 1.82) is 0 Å². The smallest absolute Gasteiger partial charge is 0.359 e. The van der Waals surface area contributed by atoms with Crippen LogP contribution >= 0.6 is 0 Å². The van der Waals surface area contributed by atoms with Crippen molar-refractivity contribution in [3.8, 4) is 0 Å². The molecule has 0 aliphatic heterocycles. The Labute approximate surface area is 178 Å². The first kappa shape index (κ1) is 21.7. The van der Waals surface area contributed by atoms with E-state index in [2.05, 4.69) is 5.10 Å². The van der Waals surface area contributed by atoms with Crippen molar-refractivity contribution in [3.05, 3.63) is 70.6 Å². The summed E-state index contributed by atoms with van der Waals surface area (Å²) in [7, 11) is 0. The van der Waals surface area contributed by atoms with E-state index >= 15 is 0 Å². The molecule has 0 atom stereocenters. The number of para-hydroxylation sites is 1. The molecule has 0 fully saturated rings. The Kier molecular flexibility index (Phi) is 6.76. The van der Waals surface area contributed by atoms with Gasteiger partial charge in [-0.3, -0.25) is 14.4 Å². The van der Waals surface area contributed by atoms with Gasteiger partial charge in [-0.1, -0.05) is 36.4 Å². The highest BCUT2D eigenvalue weighted by Gasteiger charge is 2.22. The average molecular weight is 422 g/mol. The Morgan fingerprint density at radius 2 is 1.68 bits per heavy atom. The second-order valence-electron chi connectivity index (χ2n) is 6.69. The Hall–Kier alpha value is -4.01. The van der Waals surface area contributed by atoms with Crippen molar-refractivity contribution in [2.45, 2.75) is 19.9 Å². The van der Waals surface area contributed by atoms with Crippen LogP contribution in [0, 0.1) is 0 Å². The van der Waals surface area contributed by atoms with Gasteiger partial charge in [0.2, 0.25) is 5.91 Å². The highest BCUT2D eigenvalue weighted by atomic mass is 16.5. The molecule has 2 amide bonds. The summed E-state index contributed by atoms with van der Waals surface area (Å²) in [5.74, 6) is -1.90. The molecule has 9 heteroatoms. The number of nitrogens with zero attached hydrogens (tertiary/aromatic N) is 3. The summed E-state index contributed by atoms with van der Waals surface area (Å²) >= 11 is 0. The van der Waals surface area contributed by atoms with Gasteiger partial charge >= 0.3 is 5.97 Å². The van der Waals surface area contributed by atoms with Crippen molar-refractivity contribution >= 4 is 34.2 Å². The minimum Gasteiger partial charge on any atom is -0.451 e. The third-order valence-corrected chi connectivity index (χ3v) is 4.64. The number of carbonyl (C=O) groups excluding carboxylic acids is 3. The molecule has 2 aromatic carbocycles. The number of carbonyl (C=O) groups is 3. The quantitative estimate of drug-likeness (QED) is 0.548. The van der Waals surface area contributed by atoms with Crippen molar-refractivity contribution in [2.75, 3.05) is 18.1 Å². The fourth-order valence-electron chi connectivity index (χ4n) is 3.10. The van der Waals surface area contributed by atoms with Crippen LogP contribution in [0.5, 0.6) is 0 Å². The molecule has 3 rings (SSSR count). The van der Waals surface area contributed by atoms with E-state index < -0.39 is 24.4 Å². The van der Waals surface area contributed by atoms with Gasteiger partial charge in [-0.2, -0.15) is 5.10 Å². The molecule has 0 aliphatic carbocycles. The summed E-state index contributed by atoms with van der Waals surface area (Å²) in [6.45, 7) is 1.50. The molecule has 0 saturated carbocycles. The summed E-state index contributed by atoms with van der Waals surface area (Å²) in [5, 5.41) is 4.79. The van der Waals surface area contributed by atoms with E-state index in [0.717, 1.165) is 0 Å². The highest BCUT2D eigenvalue weighted by Crippen LogP contribution is 2.16. The fraction of sp³-hybridized carbons (Fsp3) is 0.227. The molecule has 2 N–H and O–H groups in total. The predicted molar refractivity (Wildman–Crippen MR) is 115 cm³/mol. The first-order valence-electron chi connectivity index (χ1n) is 9.73. The normalized spacial score (nSPS) is 10.6. The van der Waals surface area contributed by atoms with Crippen LogP contribution < -0.4 is 16.2 Å². The first-order valence-corrected chi connectivity index (χ1v) is 9.73. The summed E-state index contributed by atoms with van der Waals surface area (Å²) in [5.41, 5.74) is 5.40. The van der Waals surface area contributed by atoms with E-state index in [0.29, 0.717) is 16.5 Å². The molecule has 9 nitrogen and oxygen atoms in total. The Bertz CT molecular complexity index is 1170. The number of primary amides is 1. The van der Waals surface area contributed by atoms with E-state index in [-0.39, 0.29) is 30.8 Å². The van der Waals surface area contributed by atoms with Crippen LogP contribution in [0.1, 0.15) is 23.8 Å². The molecule has 0 spiro atoms. The SMILES string of the molecule is CCn1nc(C(=O)OCC(=O)N(CCC(N)=O)c2ccccc2)c2ccccc2c1=O. The molecule has 0 radical (unpaired) electrons. The molecule has 31 heavy (non-hydrogen) atoms. The number of esters is 1. The Balaban J connectivity index is 1.82. The summed E-state index contributed by atoms with van der Waals surface area (Å²) in [4.78, 5) is 50.4. The lowest BCUT2D eigenvalue weighted by molar-refractivity contribution is -0.121. The van der Waals surface area contributed by atoms with Gasteiger partial charge in [-0.15, -0.1) is 0 Å². The van der Waals surface area contributed by atoms with Crippen LogP contribution in [0.3, 0.4) is 0 Å². The summed E-state index contributed by atoms with van der Waals surface area (Å²) in [6, 6.07) is 15.3. The van der Waals surface area contributed by atoms with E-state index in [1.54, 1.807) is 61.5 Å². The van der Waals surface area contributed by atoms with Crippen LogP contribution in [-0.4, -0.2) is 40.7 Å². The van der Waals surface area contributed by atoms with Gasteiger partial charge in [0.25, 0.3) is 11.5 Å². The van der Waals surface area contributed by atoms with Crippen LogP contribution in [0.4, 0.5) is 5.69 Å². The minimum absolute atomic E-state index is 0.0394. The number of amides is 2. The Morgan fingerprint density at radius 1 is 1.03 bits per heavy atom. The number of nitrogens with two attached hydrogens (primary N) is 1. The average Bonchev–Trinajstić information content (AvgIpc) is 2.78. The molecular weight excluding hydrogens is 400 g/mol. The van der Waals surface area contributed by atoms with Crippen molar-refractivity contribution in [2.24, 2.45) is 5.73 Å². The third-order valence-electron chi connectivity index (χ3n) is 4.64. The number of aromatic nitrogens is 2. The number of hydrogen-bond donors (Lipinski definition) is 1. The lowest BCUT2D eigenvalue weighted by Crippen LogP contribution is -2.37. The maximum atomic E-state index is 12.8. The van der Waals surface area contributed by atoms with Crippen molar-refractivity contribution in [1.82, 2.24) is 9.78 Å². The zero-order chi connectivity index (χ0) is 22.4. The van der Waals surface area contributed by atoms with Crippen LogP contribution in [0.15, 0.2) is 59.4 Å². The molecule has 1 aromatic heterocycles. The highest BCUT2D eigenvalue weighted by molar-refractivity contribution is 6.03. The standard InChI is InChI=1S/C22H22N4O5/c1-2-26-21(29)17-11-7-6-10-16(17)20(24-26)22(30)31-14-19(28)25(13-12-18(23)27)15-8-4-3-5-9-15/h3-11H,2,12-14H2,1H3,(H2,23,27). The number of fused-ring (bicyclic) bond motifs is 1. The fourth-order valence-corrected chi connectivity index (χ4v) is 3.10. The molecule has 160 valence electrons. The van der Waals surface area contributed by atoms with Crippen molar-refractivity contribution in [3.63, 3.8) is 0 Å². The van der Waals surface area contributed by atoms with Gasteiger partial charge in [0, 0.05) is 30.6 Å². The second kappa shape index (κ2) is 9.66. The minimum atomic E-state index is -0.824. The maximum absolute atomic E-state index is 12.8. The van der Waals surface area contributed by atoms with Gasteiger partial charge in [0.05, 0.1) is 5.39 Å². The number of aryl methyl sites for hydroxylation is 1. The predicted octanol–water partition coefficient (Wildman–Crippen LogP) is 1.48. The summed E-state index contributed by atoms with van der Waals surface area (Å²) < 4.78 is 6.39. The second-order valence-corrected chi connectivity index (χ2v) is 6.69. The van der Waals surface area contributed by atoms with Gasteiger partial charge < -0.3 is 15.4 Å². The zero-order valence-corrected chi connectivity index (χ0v) is 17.0. The molecule has 1 heterocycles. The lowest BCUT2D eigenvalue weighted by atomic mass is 10.1. The zero-order valence-electron chi connectivity index (χ0n) is 17.0. The number of ether oxygens (including phenoxy) is 1. The molecule has 0 bridgehead atoms. The van der Waals surface area contributed by atoms with Crippen molar-refractivity contribution < 1.29 is 19.1 Å². The molecule has 3 aromatic rings. The van der Waals surface area contributed by atoms with Gasteiger partial charge in [-0.05, 0) is 25.1 Å². The number of hydrogen-bond acceptors (Lipinski definition) is 6. The van der Waals surface area contributed by atoms with Crippen LogP contribution in [0.25, 0.3) is 10.8 Å². The Morgan fingerprint density at radius 3 is 2.32 bits per heavy atom. The largest absolute Gasteiger partial charge is 0.451 e. The van der Waals surface area contributed by atoms with E-state index in [9.17, 15) is 19.2 Å². The van der Waals surface area contributed by atoms with Gasteiger partial charge in [0.15, 0.2) is 12.3 Å². The van der Waals surface area contributed by atoms with Gasteiger partial charge in [0.1, 0.15) is 0 Å². The van der Waals surface area contributed by atoms with E-state index in [1.807, 2.05) is 0 Å². The lowest BCUT2D eigenvalue weighted by Gasteiger charge is -2.22. The van der Waals surface area contributed by atoms with Crippen LogP contribution in [-0.2, 0) is 20.9 Å². The number of anilines is 1. The number of rotatable bonds is 8. The third kappa shape index (κ3) is 4.95. The first-order chi connectivity index (χ1) is 14.9.